The summed E-state index contributed by atoms with van der Waals surface area (Å²) in [5.41, 5.74) is 2.09. The topological polar surface area (TPSA) is 24.9 Å². The van der Waals surface area contributed by atoms with Crippen LogP contribution in [0.1, 0.15) is 40.0 Å². The van der Waals surface area contributed by atoms with Crippen molar-refractivity contribution in [2.75, 3.05) is 5.32 Å². The number of fused-ring (bicyclic) bond motifs is 3. The average Bonchev–Trinajstić information content (AvgIpc) is 2.95. The Bertz CT molecular complexity index is 681. The fraction of sp³-hybridized carbons (Fsp3) is 0.526. The first-order chi connectivity index (χ1) is 10.0. The second kappa shape index (κ2) is 4.22. The Morgan fingerprint density at radius 2 is 2.05 bits per heavy atom. The predicted octanol–water partition coefficient (Wildman–Crippen LogP) is 4.86. The second-order valence-electron chi connectivity index (χ2n) is 7.89. The van der Waals surface area contributed by atoms with Crippen molar-refractivity contribution in [3.05, 3.63) is 36.7 Å². The smallest absolute Gasteiger partial charge is 0.0423 e. The molecule has 2 heteroatoms. The fourth-order valence-electron chi connectivity index (χ4n) is 5.07. The average molecular weight is 280 g/mol. The first-order valence-corrected chi connectivity index (χ1v) is 8.10. The molecule has 0 radical (unpaired) electrons. The zero-order valence-corrected chi connectivity index (χ0v) is 13.2. The summed E-state index contributed by atoms with van der Waals surface area (Å²) in [5.74, 6) is 0.872. The third-order valence-corrected chi connectivity index (χ3v) is 6.25. The highest BCUT2D eigenvalue weighted by Crippen LogP contribution is 2.63. The minimum atomic E-state index is 0.377. The van der Waals surface area contributed by atoms with E-state index < -0.39 is 0 Å². The van der Waals surface area contributed by atoms with Gasteiger partial charge in [-0.3, -0.25) is 4.98 Å². The lowest BCUT2D eigenvalue weighted by molar-refractivity contribution is 0.155. The third kappa shape index (κ3) is 1.81. The summed E-state index contributed by atoms with van der Waals surface area (Å²) >= 11 is 0. The number of nitrogens with one attached hydrogen (secondary N) is 1. The van der Waals surface area contributed by atoms with Gasteiger partial charge in [0.2, 0.25) is 0 Å². The Balaban J connectivity index is 1.75. The van der Waals surface area contributed by atoms with Gasteiger partial charge in [0.05, 0.1) is 0 Å². The van der Waals surface area contributed by atoms with Gasteiger partial charge in [-0.15, -0.1) is 0 Å². The number of pyridine rings is 1. The molecule has 1 unspecified atom stereocenters. The quantitative estimate of drug-likeness (QED) is 0.849. The highest BCUT2D eigenvalue weighted by atomic mass is 15.0. The van der Waals surface area contributed by atoms with Crippen LogP contribution in [-0.4, -0.2) is 11.0 Å². The van der Waals surface area contributed by atoms with E-state index in [-0.39, 0.29) is 0 Å². The van der Waals surface area contributed by atoms with E-state index >= 15 is 0 Å². The number of rotatable bonds is 2. The molecule has 2 fully saturated rings. The standard InChI is InChI=1S/C19H24N2/c1-18(2)14-7-9-19(3,11-14)17(18)21-16-6-4-5-13-12-20-10-8-15(13)16/h4-6,8,10,12,14,17,21H,7,9,11H2,1-3H3/t14-,17?,19+/m0/s1. The summed E-state index contributed by atoms with van der Waals surface area (Å²) in [6, 6.07) is 9.17. The molecule has 110 valence electrons. The molecule has 2 aliphatic rings. The van der Waals surface area contributed by atoms with Crippen LogP contribution in [0, 0.1) is 16.7 Å². The molecule has 4 rings (SSSR count). The van der Waals surface area contributed by atoms with Gasteiger partial charge in [-0.2, -0.15) is 0 Å². The Kier molecular flexibility index (Phi) is 2.64. The molecule has 2 aromatic rings. The van der Waals surface area contributed by atoms with Crippen molar-refractivity contribution in [3.63, 3.8) is 0 Å². The van der Waals surface area contributed by atoms with Gasteiger partial charge in [0.1, 0.15) is 0 Å². The highest BCUT2D eigenvalue weighted by Gasteiger charge is 2.59. The second-order valence-corrected chi connectivity index (χ2v) is 7.89. The molecule has 3 atom stereocenters. The van der Waals surface area contributed by atoms with Crippen LogP contribution in [0.4, 0.5) is 5.69 Å². The zero-order valence-electron chi connectivity index (χ0n) is 13.2. The largest absolute Gasteiger partial charge is 0.381 e. The summed E-state index contributed by atoms with van der Waals surface area (Å²) in [4.78, 5) is 4.24. The van der Waals surface area contributed by atoms with Gasteiger partial charge in [-0.1, -0.05) is 32.9 Å². The fourth-order valence-corrected chi connectivity index (χ4v) is 5.07. The molecule has 0 spiro atoms. The van der Waals surface area contributed by atoms with Gasteiger partial charge < -0.3 is 5.32 Å². The molecule has 2 nitrogen and oxygen atoms in total. The van der Waals surface area contributed by atoms with Gasteiger partial charge in [-0.05, 0) is 48.1 Å². The maximum atomic E-state index is 4.24. The molecule has 0 aliphatic heterocycles. The molecule has 2 aliphatic carbocycles. The summed E-state index contributed by atoms with van der Waals surface area (Å²) in [6.07, 6.45) is 7.99. The molecule has 0 amide bonds. The van der Waals surface area contributed by atoms with Crippen LogP contribution >= 0.6 is 0 Å². The monoisotopic (exact) mass is 280 g/mol. The van der Waals surface area contributed by atoms with Crippen molar-refractivity contribution in [2.24, 2.45) is 16.7 Å². The van der Waals surface area contributed by atoms with Gasteiger partial charge in [0.15, 0.2) is 0 Å². The number of aromatic nitrogens is 1. The number of anilines is 1. The molecule has 1 aromatic heterocycles. The molecular formula is C19H24N2. The maximum absolute atomic E-state index is 4.24. The predicted molar refractivity (Wildman–Crippen MR) is 88.4 cm³/mol. The van der Waals surface area contributed by atoms with E-state index in [1.165, 1.54) is 35.7 Å². The molecular weight excluding hydrogens is 256 g/mol. The molecule has 0 saturated heterocycles. The lowest BCUT2D eigenvalue weighted by Crippen LogP contribution is -2.45. The molecule has 1 aromatic carbocycles. The summed E-state index contributed by atoms with van der Waals surface area (Å²) in [7, 11) is 0. The van der Waals surface area contributed by atoms with Crippen LogP contribution in [-0.2, 0) is 0 Å². The number of benzene rings is 1. The van der Waals surface area contributed by atoms with Crippen molar-refractivity contribution >= 4 is 16.5 Å². The number of hydrogen-bond acceptors (Lipinski definition) is 2. The first-order valence-electron chi connectivity index (χ1n) is 8.10. The number of hydrogen-bond donors (Lipinski definition) is 1. The minimum absolute atomic E-state index is 0.377. The first kappa shape index (κ1) is 13.1. The third-order valence-electron chi connectivity index (χ3n) is 6.25. The Morgan fingerprint density at radius 1 is 1.19 bits per heavy atom. The molecule has 2 saturated carbocycles. The Morgan fingerprint density at radius 3 is 2.81 bits per heavy atom. The molecule has 1 heterocycles. The minimum Gasteiger partial charge on any atom is -0.381 e. The van der Waals surface area contributed by atoms with E-state index in [0.717, 1.165) is 5.92 Å². The van der Waals surface area contributed by atoms with Gasteiger partial charge in [0.25, 0.3) is 0 Å². The van der Waals surface area contributed by atoms with Gasteiger partial charge in [-0.25, -0.2) is 0 Å². The van der Waals surface area contributed by atoms with E-state index in [9.17, 15) is 0 Å². The summed E-state index contributed by atoms with van der Waals surface area (Å²) in [6.45, 7) is 7.38. The van der Waals surface area contributed by atoms with Crippen LogP contribution in [0.5, 0.6) is 0 Å². The van der Waals surface area contributed by atoms with Crippen molar-refractivity contribution in [3.8, 4) is 0 Å². The van der Waals surface area contributed by atoms with Crippen LogP contribution in [0.2, 0.25) is 0 Å². The molecule has 2 bridgehead atoms. The van der Waals surface area contributed by atoms with Crippen LogP contribution in [0.15, 0.2) is 36.7 Å². The van der Waals surface area contributed by atoms with Crippen LogP contribution < -0.4 is 5.32 Å². The molecule has 1 N–H and O–H groups in total. The van der Waals surface area contributed by atoms with E-state index in [2.05, 4.69) is 55.3 Å². The van der Waals surface area contributed by atoms with Crippen molar-refractivity contribution in [1.82, 2.24) is 4.98 Å². The van der Waals surface area contributed by atoms with Crippen LogP contribution in [0.3, 0.4) is 0 Å². The Labute approximate surface area is 127 Å². The number of nitrogens with zero attached hydrogens (tertiary/aromatic N) is 1. The zero-order chi connectivity index (χ0) is 14.7. The SMILES string of the molecule is CC1(C)C(Nc2cccc3cnccc23)[C@]2(C)CC[C@H]1C2. The van der Waals surface area contributed by atoms with Gasteiger partial charge >= 0.3 is 0 Å². The van der Waals surface area contributed by atoms with E-state index in [4.69, 9.17) is 0 Å². The lowest BCUT2D eigenvalue weighted by Gasteiger charge is -2.43. The van der Waals surface area contributed by atoms with Crippen molar-refractivity contribution < 1.29 is 0 Å². The van der Waals surface area contributed by atoms with Crippen molar-refractivity contribution in [1.29, 1.82) is 0 Å². The summed E-state index contributed by atoms with van der Waals surface area (Å²) in [5, 5.41) is 6.42. The van der Waals surface area contributed by atoms with Crippen LogP contribution in [0.25, 0.3) is 10.8 Å². The lowest BCUT2D eigenvalue weighted by atomic mass is 9.68. The molecule has 21 heavy (non-hydrogen) atoms. The highest BCUT2D eigenvalue weighted by molar-refractivity contribution is 5.93. The van der Waals surface area contributed by atoms with Gasteiger partial charge in [0, 0.05) is 34.9 Å². The normalized spacial score (nSPS) is 33.5. The Hall–Kier alpha value is -1.57. The van der Waals surface area contributed by atoms with E-state index in [0.29, 0.717) is 16.9 Å². The van der Waals surface area contributed by atoms with E-state index in [1.807, 2.05) is 12.4 Å². The van der Waals surface area contributed by atoms with Crippen molar-refractivity contribution in [2.45, 2.75) is 46.1 Å². The summed E-state index contributed by atoms with van der Waals surface area (Å²) < 4.78 is 0. The maximum Gasteiger partial charge on any atom is 0.0423 e. The van der Waals surface area contributed by atoms with E-state index in [1.54, 1.807) is 0 Å².